The molecule has 3 aliphatic rings. The predicted molar refractivity (Wildman–Crippen MR) is 117 cm³/mol. The van der Waals surface area contributed by atoms with Crippen LogP contribution in [0.3, 0.4) is 0 Å². The van der Waals surface area contributed by atoms with Gasteiger partial charge in [0.15, 0.2) is 5.13 Å². The maximum Gasteiger partial charge on any atom is 0.267 e. The van der Waals surface area contributed by atoms with Crippen molar-refractivity contribution in [3.05, 3.63) is 38.2 Å². The largest absolute Gasteiger partial charge is 0.360 e. The van der Waals surface area contributed by atoms with E-state index in [-0.39, 0.29) is 5.56 Å². The summed E-state index contributed by atoms with van der Waals surface area (Å²) < 4.78 is 1.70. The smallest absolute Gasteiger partial charge is 0.267 e. The van der Waals surface area contributed by atoms with Crippen molar-refractivity contribution in [2.75, 3.05) is 25.0 Å². The van der Waals surface area contributed by atoms with Crippen LogP contribution in [-0.4, -0.2) is 45.3 Å². The first kappa shape index (κ1) is 19.2. The van der Waals surface area contributed by atoms with Crippen molar-refractivity contribution in [3.8, 4) is 0 Å². The molecular formula is C22H31N5OS. The van der Waals surface area contributed by atoms with Gasteiger partial charge < -0.3 is 5.32 Å². The maximum absolute atomic E-state index is 12.5. The summed E-state index contributed by atoms with van der Waals surface area (Å²) in [6.07, 6.45) is 11.8. The molecule has 0 aromatic carbocycles. The summed E-state index contributed by atoms with van der Waals surface area (Å²) in [5.74, 6) is 0. The van der Waals surface area contributed by atoms with Gasteiger partial charge in [0.2, 0.25) is 0 Å². The number of hydrogen-bond donors (Lipinski definition) is 1. The van der Waals surface area contributed by atoms with Crippen LogP contribution in [0.25, 0.3) is 0 Å². The fourth-order valence-electron chi connectivity index (χ4n) is 5.04. The molecule has 7 heteroatoms. The Labute approximate surface area is 176 Å². The summed E-state index contributed by atoms with van der Waals surface area (Å²) in [5, 5.41) is 9.39. The van der Waals surface area contributed by atoms with Gasteiger partial charge in [0.25, 0.3) is 5.56 Å². The lowest BCUT2D eigenvalue weighted by atomic mass is 9.97. The Hall–Kier alpha value is -1.73. The summed E-state index contributed by atoms with van der Waals surface area (Å²) in [4.78, 5) is 21.3. The van der Waals surface area contributed by atoms with Gasteiger partial charge in [0.05, 0.1) is 17.9 Å². The van der Waals surface area contributed by atoms with Crippen LogP contribution in [0.1, 0.15) is 60.4 Å². The molecule has 1 saturated heterocycles. The number of rotatable bonds is 6. The molecule has 2 aliphatic carbocycles. The van der Waals surface area contributed by atoms with E-state index < -0.39 is 0 Å². The van der Waals surface area contributed by atoms with E-state index >= 15 is 0 Å². The number of piperidine rings is 1. The number of thiazole rings is 1. The molecule has 6 nitrogen and oxygen atoms in total. The molecule has 1 aliphatic heterocycles. The molecule has 29 heavy (non-hydrogen) atoms. The lowest BCUT2D eigenvalue weighted by Crippen LogP contribution is -2.45. The SMILES string of the molecule is O=c1cc2c(nn1CCN1CCCCC1CNc1nc3c(s1)CCC3)CCCC2. The Balaban J connectivity index is 1.20. The molecule has 1 atom stereocenters. The second-order valence-electron chi connectivity index (χ2n) is 8.69. The number of aromatic nitrogens is 3. The van der Waals surface area contributed by atoms with Gasteiger partial charge in [-0.25, -0.2) is 9.67 Å². The Morgan fingerprint density at radius 1 is 1.03 bits per heavy atom. The minimum atomic E-state index is 0.0645. The highest BCUT2D eigenvalue weighted by atomic mass is 32.1. The van der Waals surface area contributed by atoms with Crippen LogP contribution in [0.15, 0.2) is 10.9 Å². The van der Waals surface area contributed by atoms with Crippen LogP contribution in [0, 0.1) is 0 Å². The molecular weight excluding hydrogens is 382 g/mol. The van der Waals surface area contributed by atoms with Crippen LogP contribution in [-0.2, 0) is 32.2 Å². The molecule has 5 rings (SSSR count). The molecule has 156 valence electrons. The average Bonchev–Trinajstić information content (AvgIpc) is 3.33. The van der Waals surface area contributed by atoms with Gasteiger partial charge >= 0.3 is 0 Å². The zero-order valence-corrected chi connectivity index (χ0v) is 18.0. The molecule has 0 spiro atoms. The molecule has 1 N–H and O–H groups in total. The van der Waals surface area contributed by atoms with Crippen LogP contribution in [0.2, 0.25) is 0 Å². The van der Waals surface area contributed by atoms with E-state index in [0.29, 0.717) is 12.6 Å². The topological polar surface area (TPSA) is 63.1 Å². The number of aryl methyl sites for hydroxylation is 4. The van der Waals surface area contributed by atoms with Crippen molar-refractivity contribution < 1.29 is 0 Å². The van der Waals surface area contributed by atoms with Crippen molar-refractivity contribution >= 4 is 16.5 Å². The number of nitrogens with one attached hydrogen (secondary N) is 1. The van der Waals surface area contributed by atoms with Gasteiger partial charge in [-0.15, -0.1) is 11.3 Å². The van der Waals surface area contributed by atoms with Crippen LogP contribution < -0.4 is 10.9 Å². The first-order valence-corrected chi connectivity index (χ1v) is 12.1. The first-order valence-electron chi connectivity index (χ1n) is 11.3. The molecule has 0 saturated carbocycles. The normalized spacial score (nSPS) is 21.7. The zero-order chi connectivity index (χ0) is 19.6. The third-order valence-corrected chi connectivity index (χ3v) is 7.82. The van der Waals surface area contributed by atoms with Crippen molar-refractivity contribution in [2.24, 2.45) is 0 Å². The van der Waals surface area contributed by atoms with E-state index in [4.69, 9.17) is 10.1 Å². The van der Waals surface area contributed by atoms with Crippen LogP contribution >= 0.6 is 11.3 Å². The highest BCUT2D eigenvalue weighted by molar-refractivity contribution is 7.15. The quantitative estimate of drug-likeness (QED) is 0.789. The lowest BCUT2D eigenvalue weighted by molar-refractivity contribution is 0.148. The van der Waals surface area contributed by atoms with Gasteiger partial charge in [-0.1, -0.05) is 6.42 Å². The third kappa shape index (κ3) is 4.26. The van der Waals surface area contributed by atoms with Crippen LogP contribution in [0.5, 0.6) is 0 Å². The Bertz CT molecular complexity index is 899. The Morgan fingerprint density at radius 2 is 1.93 bits per heavy atom. The van der Waals surface area contributed by atoms with Crippen LogP contribution in [0.4, 0.5) is 5.13 Å². The molecule has 0 amide bonds. The average molecular weight is 414 g/mol. The summed E-state index contributed by atoms with van der Waals surface area (Å²) in [6.45, 7) is 3.64. The minimum absolute atomic E-state index is 0.0645. The molecule has 3 heterocycles. The first-order chi connectivity index (χ1) is 14.3. The molecule has 2 aromatic heterocycles. The predicted octanol–water partition coefficient (Wildman–Crippen LogP) is 3.03. The standard InChI is InChI=1S/C22H31N5OS/c28-21-14-16-6-1-2-8-18(16)25-27(21)13-12-26-11-4-3-7-17(26)15-23-22-24-19-9-5-10-20(19)29-22/h14,17H,1-13,15H2,(H,23,24). The molecule has 2 aromatic rings. The number of fused-ring (bicyclic) bond motifs is 2. The third-order valence-electron chi connectivity index (χ3n) is 6.71. The monoisotopic (exact) mass is 413 g/mol. The van der Waals surface area contributed by atoms with Crippen molar-refractivity contribution in [1.82, 2.24) is 19.7 Å². The molecule has 0 bridgehead atoms. The van der Waals surface area contributed by atoms with E-state index in [0.717, 1.165) is 49.7 Å². The number of hydrogen-bond acceptors (Lipinski definition) is 6. The highest BCUT2D eigenvalue weighted by Crippen LogP contribution is 2.30. The Kier molecular flexibility index (Phi) is 5.68. The van der Waals surface area contributed by atoms with Gasteiger partial charge in [-0.05, 0) is 69.9 Å². The van der Waals surface area contributed by atoms with Crippen molar-refractivity contribution in [2.45, 2.75) is 76.8 Å². The number of nitrogens with zero attached hydrogens (tertiary/aromatic N) is 4. The van der Waals surface area contributed by atoms with E-state index in [1.54, 1.807) is 4.68 Å². The van der Waals surface area contributed by atoms with E-state index in [1.165, 1.54) is 61.1 Å². The lowest BCUT2D eigenvalue weighted by Gasteiger charge is -2.35. The molecule has 0 radical (unpaired) electrons. The fourth-order valence-corrected chi connectivity index (χ4v) is 6.10. The summed E-state index contributed by atoms with van der Waals surface area (Å²) in [7, 11) is 0. The van der Waals surface area contributed by atoms with Gasteiger partial charge in [0.1, 0.15) is 0 Å². The zero-order valence-electron chi connectivity index (χ0n) is 17.2. The van der Waals surface area contributed by atoms with Gasteiger partial charge in [-0.2, -0.15) is 5.10 Å². The van der Waals surface area contributed by atoms with Gasteiger partial charge in [-0.3, -0.25) is 9.69 Å². The summed E-state index contributed by atoms with van der Waals surface area (Å²) in [6, 6.07) is 2.34. The highest BCUT2D eigenvalue weighted by Gasteiger charge is 2.24. The number of likely N-dealkylation sites (tertiary alicyclic amines) is 1. The second kappa shape index (κ2) is 8.56. The second-order valence-corrected chi connectivity index (χ2v) is 9.78. The van der Waals surface area contributed by atoms with Crippen molar-refractivity contribution in [3.63, 3.8) is 0 Å². The summed E-state index contributed by atoms with van der Waals surface area (Å²) in [5.41, 5.74) is 3.70. The minimum Gasteiger partial charge on any atom is -0.360 e. The van der Waals surface area contributed by atoms with E-state index in [2.05, 4.69) is 10.2 Å². The molecule has 1 fully saturated rings. The molecule has 1 unspecified atom stereocenters. The summed E-state index contributed by atoms with van der Waals surface area (Å²) >= 11 is 1.84. The van der Waals surface area contributed by atoms with E-state index in [1.807, 2.05) is 17.4 Å². The number of anilines is 1. The Morgan fingerprint density at radius 3 is 2.86 bits per heavy atom. The van der Waals surface area contributed by atoms with E-state index in [9.17, 15) is 4.79 Å². The van der Waals surface area contributed by atoms with Gasteiger partial charge in [0, 0.05) is 30.1 Å². The fraction of sp³-hybridized carbons (Fsp3) is 0.682. The van der Waals surface area contributed by atoms with Crippen molar-refractivity contribution in [1.29, 1.82) is 0 Å². The maximum atomic E-state index is 12.5.